The molecular formula is C20H22ClFN2O2. The van der Waals surface area contributed by atoms with E-state index in [0.29, 0.717) is 29.5 Å². The van der Waals surface area contributed by atoms with Gasteiger partial charge in [-0.15, -0.1) is 0 Å². The molecule has 138 valence electrons. The number of carbonyl (C=O) groups excluding carboxylic acids is 1. The third-order valence-electron chi connectivity index (χ3n) is 4.43. The highest BCUT2D eigenvalue weighted by molar-refractivity contribution is 6.30. The summed E-state index contributed by atoms with van der Waals surface area (Å²) in [5.74, 6) is 0.262. The summed E-state index contributed by atoms with van der Waals surface area (Å²) in [6, 6.07) is 11.9. The van der Waals surface area contributed by atoms with Crippen LogP contribution in [-0.2, 0) is 4.79 Å². The molecule has 4 nitrogen and oxygen atoms in total. The van der Waals surface area contributed by atoms with Crippen LogP contribution in [0.4, 0.5) is 10.1 Å². The van der Waals surface area contributed by atoms with Gasteiger partial charge in [0.15, 0.2) is 6.61 Å². The molecule has 1 saturated heterocycles. The van der Waals surface area contributed by atoms with Crippen LogP contribution < -0.4 is 10.1 Å². The summed E-state index contributed by atoms with van der Waals surface area (Å²) in [5, 5.41) is 3.85. The molecule has 1 N–H and O–H groups in total. The van der Waals surface area contributed by atoms with E-state index in [4.69, 9.17) is 16.3 Å². The number of carbonyl (C=O) groups is 1. The van der Waals surface area contributed by atoms with Crippen molar-refractivity contribution in [2.75, 3.05) is 25.0 Å². The second-order valence-corrected chi connectivity index (χ2v) is 6.99. The zero-order chi connectivity index (χ0) is 18.5. The summed E-state index contributed by atoms with van der Waals surface area (Å²) in [4.78, 5) is 14.2. The standard InChI is InChI=1S/C20H22ClFN2O2/c1-14-4-9-18(22)19(11-14)23-16-3-2-10-24(12-16)20(25)13-26-17-7-5-15(21)6-8-17/h4-9,11,16,23H,2-3,10,12-13H2,1H3. The molecule has 6 heteroatoms. The average molecular weight is 377 g/mol. The van der Waals surface area contributed by atoms with Crippen molar-refractivity contribution in [2.24, 2.45) is 0 Å². The molecule has 0 spiro atoms. The summed E-state index contributed by atoms with van der Waals surface area (Å²) in [6.07, 6.45) is 1.77. The van der Waals surface area contributed by atoms with Gasteiger partial charge in [0.05, 0.1) is 5.69 Å². The smallest absolute Gasteiger partial charge is 0.260 e. The molecule has 0 radical (unpaired) electrons. The van der Waals surface area contributed by atoms with Gasteiger partial charge >= 0.3 is 0 Å². The van der Waals surface area contributed by atoms with Gasteiger partial charge in [-0.2, -0.15) is 0 Å². The number of nitrogens with zero attached hydrogens (tertiary/aromatic N) is 1. The van der Waals surface area contributed by atoms with Crippen LogP contribution >= 0.6 is 11.6 Å². The minimum atomic E-state index is -0.273. The number of anilines is 1. The number of halogens is 2. The number of ether oxygens (including phenoxy) is 1. The second kappa shape index (κ2) is 8.41. The summed E-state index contributed by atoms with van der Waals surface area (Å²) in [7, 11) is 0. The van der Waals surface area contributed by atoms with Crippen LogP contribution in [-0.4, -0.2) is 36.5 Å². The highest BCUT2D eigenvalue weighted by atomic mass is 35.5. The fourth-order valence-electron chi connectivity index (χ4n) is 3.06. The molecule has 1 fully saturated rings. The van der Waals surface area contributed by atoms with Gasteiger partial charge in [0, 0.05) is 24.2 Å². The van der Waals surface area contributed by atoms with Crippen molar-refractivity contribution in [1.82, 2.24) is 4.90 Å². The molecule has 1 aliphatic rings. The zero-order valence-electron chi connectivity index (χ0n) is 14.7. The number of nitrogens with one attached hydrogen (secondary N) is 1. The lowest BCUT2D eigenvalue weighted by molar-refractivity contribution is -0.134. The van der Waals surface area contributed by atoms with E-state index < -0.39 is 0 Å². The fraction of sp³-hybridized carbons (Fsp3) is 0.350. The van der Waals surface area contributed by atoms with E-state index in [9.17, 15) is 9.18 Å². The van der Waals surface area contributed by atoms with E-state index in [0.717, 1.165) is 18.4 Å². The summed E-state index contributed by atoms with van der Waals surface area (Å²) < 4.78 is 19.5. The molecule has 0 saturated carbocycles. The maximum atomic E-state index is 13.9. The molecule has 2 aromatic carbocycles. The van der Waals surface area contributed by atoms with Gasteiger partial charge in [-0.25, -0.2) is 4.39 Å². The van der Waals surface area contributed by atoms with Crippen LogP contribution in [0.2, 0.25) is 5.02 Å². The number of rotatable bonds is 5. The maximum Gasteiger partial charge on any atom is 0.260 e. The van der Waals surface area contributed by atoms with Crippen LogP contribution in [0.3, 0.4) is 0 Å². The molecule has 1 unspecified atom stereocenters. The molecule has 0 bridgehead atoms. The van der Waals surface area contributed by atoms with Crippen LogP contribution in [0.15, 0.2) is 42.5 Å². The first-order valence-electron chi connectivity index (χ1n) is 8.70. The van der Waals surface area contributed by atoms with Crippen molar-refractivity contribution in [3.8, 4) is 5.75 Å². The Morgan fingerprint density at radius 1 is 1.31 bits per heavy atom. The first-order valence-corrected chi connectivity index (χ1v) is 9.08. The number of piperidine rings is 1. The number of hydrogen-bond acceptors (Lipinski definition) is 3. The number of aryl methyl sites for hydroxylation is 1. The number of hydrogen-bond donors (Lipinski definition) is 1. The van der Waals surface area contributed by atoms with Gasteiger partial charge in [0.2, 0.25) is 0 Å². The Kier molecular flexibility index (Phi) is 5.99. The average Bonchev–Trinajstić information content (AvgIpc) is 2.64. The Bertz CT molecular complexity index is 767. The zero-order valence-corrected chi connectivity index (χ0v) is 15.4. The third kappa shape index (κ3) is 4.88. The SMILES string of the molecule is Cc1ccc(F)c(NC2CCCN(C(=O)COc3ccc(Cl)cc3)C2)c1. The second-order valence-electron chi connectivity index (χ2n) is 6.55. The lowest BCUT2D eigenvalue weighted by atomic mass is 10.0. The number of amides is 1. The van der Waals surface area contributed by atoms with Gasteiger partial charge in [0.1, 0.15) is 11.6 Å². The van der Waals surface area contributed by atoms with E-state index >= 15 is 0 Å². The summed E-state index contributed by atoms with van der Waals surface area (Å²) in [5.41, 5.74) is 1.48. The van der Waals surface area contributed by atoms with E-state index in [1.807, 2.05) is 6.92 Å². The van der Waals surface area contributed by atoms with Crippen LogP contribution in [0.5, 0.6) is 5.75 Å². The normalized spacial score (nSPS) is 17.0. The molecule has 1 heterocycles. The lowest BCUT2D eigenvalue weighted by Crippen LogP contribution is -2.46. The van der Waals surface area contributed by atoms with Crippen LogP contribution in [0.25, 0.3) is 0 Å². The molecule has 3 rings (SSSR count). The molecule has 0 aliphatic carbocycles. The van der Waals surface area contributed by atoms with Crippen molar-refractivity contribution in [1.29, 1.82) is 0 Å². The van der Waals surface area contributed by atoms with Gasteiger partial charge in [0.25, 0.3) is 5.91 Å². The van der Waals surface area contributed by atoms with Crippen LogP contribution in [0.1, 0.15) is 18.4 Å². The monoisotopic (exact) mass is 376 g/mol. The summed E-state index contributed by atoms with van der Waals surface area (Å²) >= 11 is 5.84. The molecule has 1 atom stereocenters. The first-order chi connectivity index (χ1) is 12.5. The van der Waals surface area contributed by atoms with Crippen molar-refractivity contribution < 1.29 is 13.9 Å². The molecule has 1 amide bonds. The number of benzene rings is 2. The van der Waals surface area contributed by atoms with Crippen molar-refractivity contribution >= 4 is 23.2 Å². The minimum absolute atomic E-state index is 0.0207. The Morgan fingerprint density at radius 2 is 2.08 bits per heavy atom. The number of likely N-dealkylation sites (tertiary alicyclic amines) is 1. The summed E-state index contributed by atoms with van der Waals surface area (Å²) in [6.45, 7) is 3.13. The Labute approximate surface area is 157 Å². The minimum Gasteiger partial charge on any atom is -0.484 e. The van der Waals surface area contributed by atoms with Gasteiger partial charge in [-0.05, 0) is 61.7 Å². The van der Waals surface area contributed by atoms with Crippen molar-refractivity contribution in [2.45, 2.75) is 25.8 Å². The predicted molar refractivity (Wildman–Crippen MR) is 101 cm³/mol. The van der Waals surface area contributed by atoms with Crippen molar-refractivity contribution in [3.63, 3.8) is 0 Å². The van der Waals surface area contributed by atoms with E-state index in [-0.39, 0.29) is 24.4 Å². The van der Waals surface area contributed by atoms with Gasteiger partial charge in [-0.1, -0.05) is 17.7 Å². The Morgan fingerprint density at radius 3 is 2.85 bits per heavy atom. The largest absolute Gasteiger partial charge is 0.484 e. The fourth-order valence-corrected chi connectivity index (χ4v) is 3.18. The van der Waals surface area contributed by atoms with Crippen LogP contribution in [0, 0.1) is 12.7 Å². The molecule has 26 heavy (non-hydrogen) atoms. The van der Waals surface area contributed by atoms with E-state index in [2.05, 4.69) is 5.32 Å². The van der Waals surface area contributed by atoms with E-state index in [1.54, 1.807) is 41.3 Å². The topological polar surface area (TPSA) is 41.6 Å². The third-order valence-corrected chi connectivity index (χ3v) is 4.68. The first kappa shape index (κ1) is 18.5. The molecule has 1 aliphatic heterocycles. The molecular weight excluding hydrogens is 355 g/mol. The van der Waals surface area contributed by atoms with Gasteiger partial charge < -0.3 is 15.0 Å². The molecule has 0 aromatic heterocycles. The van der Waals surface area contributed by atoms with Crippen molar-refractivity contribution in [3.05, 3.63) is 58.9 Å². The highest BCUT2D eigenvalue weighted by Crippen LogP contribution is 2.21. The molecule has 2 aromatic rings. The Balaban J connectivity index is 1.54. The predicted octanol–water partition coefficient (Wildman–Crippen LogP) is 4.27. The maximum absolute atomic E-state index is 13.9. The highest BCUT2D eigenvalue weighted by Gasteiger charge is 2.24. The van der Waals surface area contributed by atoms with Gasteiger partial charge in [-0.3, -0.25) is 4.79 Å². The lowest BCUT2D eigenvalue weighted by Gasteiger charge is -2.33. The Hall–Kier alpha value is -2.27. The quantitative estimate of drug-likeness (QED) is 0.847. The van der Waals surface area contributed by atoms with E-state index in [1.165, 1.54) is 6.07 Å².